The van der Waals surface area contributed by atoms with E-state index >= 15 is 0 Å². The second kappa shape index (κ2) is 11.5. The Morgan fingerprint density at radius 2 is 2.09 bits per heavy atom. The molecule has 1 fully saturated rings. The van der Waals surface area contributed by atoms with Crippen LogP contribution in [0.4, 0.5) is 0 Å². The van der Waals surface area contributed by atoms with E-state index in [0.29, 0.717) is 50.6 Å². The lowest BCUT2D eigenvalue weighted by atomic mass is 9.84. The van der Waals surface area contributed by atoms with Crippen LogP contribution in [0.1, 0.15) is 37.7 Å². The van der Waals surface area contributed by atoms with Crippen LogP contribution >= 0.6 is 0 Å². The zero-order valence-corrected chi connectivity index (χ0v) is 20.2. The number of carbonyl (C=O) groups is 2. The third-order valence-corrected chi connectivity index (χ3v) is 6.97. The Morgan fingerprint density at radius 3 is 2.80 bits per heavy atom. The quantitative estimate of drug-likeness (QED) is 0.466. The molecular weight excluding hydrogens is 450 g/mol. The van der Waals surface area contributed by atoms with Gasteiger partial charge < -0.3 is 29.8 Å². The second-order valence-corrected chi connectivity index (χ2v) is 9.19. The summed E-state index contributed by atoms with van der Waals surface area (Å²) in [5.74, 6) is -0.512. The maximum atomic E-state index is 13.3. The van der Waals surface area contributed by atoms with E-state index in [1.807, 2.05) is 33.9 Å². The van der Waals surface area contributed by atoms with E-state index < -0.39 is 11.9 Å². The molecule has 10 nitrogen and oxygen atoms in total. The average Bonchev–Trinajstić information content (AvgIpc) is 3.59. The highest BCUT2D eigenvalue weighted by Crippen LogP contribution is 2.42. The summed E-state index contributed by atoms with van der Waals surface area (Å²) in [7, 11) is 0. The van der Waals surface area contributed by atoms with Crippen LogP contribution in [-0.2, 0) is 16.1 Å². The number of carboxylic acids is 1. The van der Waals surface area contributed by atoms with E-state index in [1.54, 1.807) is 17.4 Å². The Balaban J connectivity index is 1.58. The van der Waals surface area contributed by atoms with E-state index in [9.17, 15) is 14.7 Å². The number of carbonyl (C=O) groups excluding carboxylic acids is 1. The molecule has 4 rings (SSSR count). The number of likely N-dealkylation sites (tertiary alicyclic amines) is 1. The number of benzene rings is 1. The van der Waals surface area contributed by atoms with Gasteiger partial charge in [0, 0.05) is 57.1 Å². The van der Waals surface area contributed by atoms with Gasteiger partial charge in [0.05, 0.1) is 18.8 Å². The van der Waals surface area contributed by atoms with Crippen LogP contribution in [0.25, 0.3) is 0 Å². The summed E-state index contributed by atoms with van der Waals surface area (Å²) in [6.45, 7) is 5.07. The molecule has 0 spiro atoms. The predicted octanol–water partition coefficient (Wildman–Crippen LogP) is 1.76. The number of hydrogen-bond acceptors (Lipinski definition) is 7. The first-order chi connectivity index (χ1) is 17.0. The number of amides is 1. The molecule has 2 aliphatic rings. The molecule has 1 saturated heterocycles. The van der Waals surface area contributed by atoms with Gasteiger partial charge in [-0.3, -0.25) is 14.5 Å². The maximum absolute atomic E-state index is 13.3. The summed E-state index contributed by atoms with van der Waals surface area (Å²) >= 11 is 0. The van der Waals surface area contributed by atoms with E-state index in [4.69, 9.17) is 15.2 Å². The van der Waals surface area contributed by atoms with Crippen molar-refractivity contribution in [2.45, 2.75) is 44.7 Å². The lowest BCUT2D eigenvalue weighted by Gasteiger charge is -2.29. The van der Waals surface area contributed by atoms with Crippen LogP contribution < -0.4 is 15.2 Å². The molecule has 10 heteroatoms. The van der Waals surface area contributed by atoms with E-state index in [-0.39, 0.29) is 31.2 Å². The van der Waals surface area contributed by atoms with Crippen molar-refractivity contribution in [1.82, 2.24) is 19.4 Å². The highest BCUT2D eigenvalue weighted by Gasteiger charge is 2.47. The number of aromatic nitrogens is 2. The molecule has 0 radical (unpaired) electrons. The van der Waals surface area contributed by atoms with E-state index in [0.717, 1.165) is 18.4 Å². The number of nitrogens with zero attached hydrogens (tertiary/aromatic N) is 4. The molecule has 0 bridgehead atoms. The van der Waals surface area contributed by atoms with E-state index in [1.165, 1.54) is 0 Å². The fourth-order valence-corrected chi connectivity index (χ4v) is 5.17. The summed E-state index contributed by atoms with van der Waals surface area (Å²) in [4.78, 5) is 33.8. The van der Waals surface area contributed by atoms with Gasteiger partial charge in [-0.25, -0.2) is 4.98 Å². The van der Waals surface area contributed by atoms with Gasteiger partial charge >= 0.3 is 5.97 Å². The van der Waals surface area contributed by atoms with Crippen molar-refractivity contribution in [3.8, 4) is 11.5 Å². The summed E-state index contributed by atoms with van der Waals surface area (Å²) in [6, 6.07) is 5.32. The number of aliphatic carboxylic acids is 1. The number of ether oxygens (including phenoxy) is 2. The minimum absolute atomic E-state index is 0.00740. The summed E-state index contributed by atoms with van der Waals surface area (Å²) in [6.07, 6.45) is 7.78. The van der Waals surface area contributed by atoms with E-state index in [2.05, 4.69) is 11.9 Å². The number of aryl methyl sites for hydroxylation is 1. The number of imidazole rings is 1. The predicted molar refractivity (Wildman–Crippen MR) is 129 cm³/mol. The second-order valence-electron chi connectivity index (χ2n) is 9.19. The molecule has 2 aromatic rings. The monoisotopic (exact) mass is 485 g/mol. The molecule has 0 saturated carbocycles. The molecule has 3 N–H and O–H groups in total. The molecule has 1 aromatic heterocycles. The number of fused-ring (bicyclic) bond motifs is 1. The van der Waals surface area contributed by atoms with Crippen LogP contribution in [0.5, 0.6) is 11.5 Å². The van der Waals surface area contributed by atoms with Crippen molar-refractivity contribution in [3.05, 3.63) is 42.5 Å². The van der Waals surface area contributed by atoms with Crippen molar-refractivity contribution in [2.24, 2.45) is 11.7 Å². The van der Waals surface area contributed by atoms with Gasteiger partial charge in [0.1, 0.15) is 0 Å². The van der Waals surface area contributed by atoms with Crippen molar-refractivity contribution < 1.29 is 24.2 Å². The highest BCUT2D eigenvalue weighted by molar-refractivity contribution is 5.79. The molecule has 2 aliphatic heterocycles. The molecule has 35 heavy (non-hydrogen) atoms. The van der Waals surface area contributed by atoms with Crippen molar-refractivity contribution in [1.29, 1.82) is 0 Å². The summed E-state index contributed by atoms with van der Waals surface area (Å²) < 4.78 is 12.9. The van der Waals surface area contributed by atoms with Gasteiger partial charge in [0.2, 0.25) is 12.7 Å². The van der Waals surface area contributed by atoms with Crippen LogP contribution in [0.2, 0.25) is 0 Å². The fourth-order valence-electron chi connectivity index (χ4n) is 5.17. The first-order valence-corrected chi connectivity index (χ1v) is 12.3. The van der Waals surface area contributed by atoms with Gasteiger partial charge in [-0.15, -0.1) is 0 Å². The third kappa shape index (κ3) is 5.76. The lowest BCUT2D eigenvalue weighted by Crippen LogP contribution is -2.46. The van der Waals surface area contributed by atoms with Gasteiger partial charge in [0.25, 0.3) is 0 Å². The molecule has 3 atom stereocenters. The van der Waals surface area contributed by atoms with Crippen LogP contribution in [-0.4, -0.2) is 81.9 Å². The average molecular weight is 486 g/mol. The topological polar surface area (TPSA) is 123 Å². The molecular formula is C25H35N5O5. The Hall–Kier alpha value is -3.11. The van der Waals surface area contributed by atoms with Gasteiger partial charge in [-0.05, 0) is 30.5 Å². The molecule has 3 heterocycles. The zero-order valence-electron chi connectivity index (χ0n) is 20.2. The Morgan fingerprint density at radius 1 is 1.26 bits per heavy atom. The minimum Gasteiger partial charge on any atom is -0.481 e. The maximum Gasteiger partial charge on any atom is 0.308 e. The third-order valence-electron chi connectivity index (χ3n) is 6.97. The highest BCUT2D eigenvalue weighted by atomic mass is 16.7. The molecule has 0 aliphatic carbocycles. The number of nitrogens with two attached hydrogens (primary N) is 1. The van der Waals surface area contributed by atoms with Crippen LogP contribution in [0, 0.1) is 5.92 Å². The largest absolute Gasteiger partial charge is 0.481 e. The summed E-state index contributed by atoms with van der Waals surface area (Å²) in [5, 5.41) is 10.3. The normalized spacial score (nSPS) is 21.4. The Kier molecular flexibility index (Phi) is 8.25. The van der Waals surface area contributed by atoms with Crippen LogP contribution in [0.15, 0.2) is 36.9 Å². The number of rotatable bonds is 12. The standard InChI is InChI=1S/C25H35N5O5/c1-2-3-9-29(11-7-26)23(31)15-30-14-19(18-4-5-21-22(13-18)35-17-34-21)24(25(32)33)20(30)6-10-28-12-8-27-16-28/h4-5,8,12-13,16,19-20,24H,2-3,6-7,9-11,14-15,17,26H2,1H3,(H,32,33). The van der Waals surface area contributed by atoms with Gasteiger partial charge in [0.15, 0.2) is 11.5 Å². The zero-order chi connectivity index (χ0) is 24.8. The Bertz CT molecular complexity index is 998. The first kappa shape index (κ1) is 25.0. The van der Waals surface area contributed by atoms with Gasteiger partial charge in [-0.1, -0.05) is 19.4 Å². The number of hydrogen-bond donors (Lipinski definition) is 2. The Labute approximate surface area is 205 Å². The first-order valence-electron chi connectivity index (χ1n) is 12.3. The smallest absolute Gasteiger partial charge is 0.308 e. The van der Waals surface area contributed by atoms with Crippen molar-refractivity contribution in [2.75, 3.05) is 39.5 Å². The molecule has 1 aromatic carbocycles. The van der Waals surface area contributed by atoms with Gasteiger partial charge in [-0.2, -0.15) is 0 Å². The summed E-state index contributed by atoms with van der Waals surface area (Å²) in [5.41, 5.74) is 6.65. The number of unbranched alkanes of at least 4 members (excludes halogenated alkanes) is 1. The van der Waals surface area contributed by atoms with Crippen molar-refractivity contribution in [3.63, 3.8) is 0 Å². The molecule has 190 valence electrons. The van der Waals surface area contributed by atoms with Crippen LogP contribution in [0.3, 0.4) is 0 Å². The SMILES string of the molecule is CCCCN(CCN)C(=O)CN1CC(c2ccc3c(c2)OCO3)C(C(=O)O)C1CCn1ccnc1. The van der Waals surface area contributed by atoms with Crippen molar-refractivity contribution >= 4 is 11.9 Å². The fraction of sp³-hybridized carbons (Fsp3) is 0.560. The number of carboxylic acid groups (broad SMARTS) is 1. The molecule has 1 amide bonds. The minimum atomic E-state index is -0.858. The lowest BCUT2D eigenvalue weighted by molar-refractivity contribution is -0.143. The molecule has 3 unspecified atom stereocenters.